The van der Waals surface area contributed by atoms with Gasteiger partial charge in [0.25, 0.3) is 0 Å². The molecule has 31 heavy (non-hydrogen) atoms. The number of benzene rings is 2. The molecule has 1 aliphatic heterocycles. The second kappa shape index (κ2) is 9.85. The van der Waals surface area contributed by atoms with Gasteiger partial charge in [0.2, 0.25) is 11.8 Å². The van der Waals surface area contributed by atoms with E-state index >= 15 is 0 Å². The quantitative estimate of drug-likeness (QED) is 0.721. The maximum atomic E-state index is 13.1. The Balaban J connectivity index is 1.55. The molecule has 1 aliphatic rings. The number of hydrogen-bond acceptors (Lipinski definition) is 3. The van der Waals surface area contributed by atoms with Crippen molar-refractivity contribution in [3.8, 4) is 5.75 Å². The Bertz CT molecular complexity index is 902. The third-order valence-corrected chi connectivity index (χ3v) is 5.14. The molecule has 0 radical (unpaired) electrons. The van der Waals surface area contributed by atoms with Crippen molar-refractivity contribution in [2.45, 2.75) is 44.4 Å². The van der Waals surface area contributed by atoms with E-state index in [1.54, 1.807) is 11.8 Å². The molecule has 2 unspecified atom stereocenters. The van der Waals surface area contributed by atoms with Gasteiger partial charge in [-0.2, -0.15) is 13.2 Å². The molecule has 5 nitrogen and oxygen atoms in total. The summed E-state index contributed by atoms with van der Waals surface area (Å²) in [7, 11) is 0. The fourth-order valence-electron chi connectivity index (χ4n) is 3.63. The van der Waals surface area contributed by atoms with Crippen LogP contribution in [0, 0.1) is 0 Å². The van der Waals surface area contributed by atoms with E-state index in [1.807, 2.05) is 30.3 Å². The van der Waals surface area contributed by atoms with Crippen molar-refractivity contribution in [1.82, 2.24) is 10.2 Å². The Labute approximate surface area is 179 Å². The lowest BCUT2D eigenvalue weighted by atomic mass is 10.1. The zero-order valence-electron chi connectivity index (χ0n) is 17.2. The molecule has 0 spiro atoms. The van der Waals surface area contributed by atoms with Gasteiger partial charge in [-0.05, 0) is 37.5 Å². The van der Waals surface area contributed by atoms with E-state index in [2.05, 4.69) is 5.32 Å². The van der Waals surface area contributed by atoms with Gasteiger partial charge in [0, 0.05) is 6.54 Å². The number of amides is 2. The highest BCUT2D eigenvalue weighted by Gasteiger charge is 2.35. The number of likely N-dealkylation sites (tertiary alicyclic amines) is 1. The summed E-state index contributed by atoms with van der Waals surface area (Å²) in [4.78, 5) is 27.0. The molecule has 1 heterocycles. The number of hydrogen-bond donors (Lipinski definition) is 1. The van der Waals surface area contributed by atoms with Crippen molar-refractivity contribution in [3.05, 3.63) is 65.7 Å². The molecule has 1 saturated heterocycles. The van der Waals surface area contributed by atoms with E-state index < -0.39 is 23.8 Å². The SMILES string of the molecule is CC(COc1ccccc1C(F)(F)F)NC(=O)C1CCCN1C(=O)Cc1ccccc1. The molecule has 166 valence electrons. The van der Waals surface area contributed by atoms with Gasteiger partial charge in [0.1, 0.15) is 18.4 Å². The Kier molecular flexibility index (Phi) is 7.20. The van der Waals surface area contributed by atoms with Crippen molar-refractivity contribution in [2.24, 2.45) is 0 Å². The van der Waals surface area contributed by atoms with E-state index in [1.165, 1.54) is 18.2 Å². The van der Waals surface area contributed by atoms with Gasteiger partial charge in [-0.15, -0.1) is 0 Å². The largest absolute Gasteiger partial charge is 0.491 e. The minimum atomic E-state index is -4.52. The molecule has 2 aromatic carbocycles. The summed E-state index contributed by atoms with van der Waals surface area (Å²) in [5, 5.41) is 2.76. The van der Waals surface area contributed by atoms with Crippen LogP contribution in [-0.2, 0) is 22.2 Å². The zero-order valence-corrected chi connectivity index (χ0v) is 17.2. The fraction of sp³-hybridized carbons (Fsp3) is 0.391. The molecule has 2 aromatic rings. The van der Waals surface area contributed by atoms with Crippen LogP contribution in [0.4, 0.5) is 13.2 Å². The Morgan fingerprint density at radius 2 is 1.81 bits per heavy atom. The third-order valence-electron chi connectivity index (χ3n) is 5.14. The van der Waals surface area contributed by atoms with Gasteiger partial charge < -0.3 is 15.0 Å². The molecule has 1 N–H and O–H groups in total. The van der Waals surface area contributed by atoms with Crippen LogP contribution < -0.4 is 10.1 Å². The summed E-state index contributed by atoms with van der Waals surface area (Å²) in [6.07, 6.45) is -3.02. The highest BCUT2D eigenvalue weighted by Crippen LogP contribution is 2.35. The van der Waals surface area contributed by atoms with E-state index in [9.17, 15) is 22.8 Å². The number of carbonyl (C=O) groups is 2. The summed E-state index contributed by atoms with van der Waals surface area (Å²) in [6.45, 7) is 2.04. The predicted molar refractivity (Wildman–Crippen MR) is 109 cm³/mol. The maximum Gasteiger partial charge on any atom is 0.419 e. The van der Waals surface area contributed by atoms with E-state index in [0.717, 1.165) is 18.1 Å². The predicted octanol–water partition coefficient (Wildman–Crippen LogP) is 3.82. The van der Waals surface area contributed by atoms with Gasteiger partial charge in [-0.3, -0.25) is 9.59 Å². The number of rotatable bonds is 7. The number of para-hydroxylation sites is 1. The monoisotopic (exact) mass is 434 g/mol. The van der Waals surface area contributed by atoms with Gasteiger partial charge in [-0.1, -0.05) is 42.5 Å². The molecule has 8 heteroatoms. The van der Waals surface area contributed by atoms with Gasteiger partial charge in [0.05, 0.1) is 18.0 Å². The molecule has 0 saturated carbocycles. The van der Waals surface area contributed by atoms with Crippen LogP contribution in [0.2, 0.25) is 0 Å². The van der Waals surface area contributed by atoms with Crippen LogP contribution in [0.3, 0.4) is 0 Å². The van der Waals surface area contributed by atoms with Crippen molar-refractivity contribution in [3.63, 3.8) is 0 Å². The second-order valence-corrected chi connectivity index (χ2v) is 7.62. The molecular formula is C23H25F3N2O3. The summed E-state index contributed by atoms with van der Waals surface area (Å²) in [5.41, 5.74) is 0.0191. The van der Waals surface area contributed by atoms with Crippen LogP contribution in [0.5, 0.6) is 5.75 Å². The van der Waals surface area contributed by atoms with Crippen LogP contribution >= 0.6 is 0 Å². The van der Waals surface area contributed by atoms with Crippen molar-refractivity contribution < 1.29 is 27.5 Å². The number of nitrogens with one attached hydrogen (secondary N) is 1. The first-order valence-electron chi connectivity index (χ1n) is 10.2. The Morgan fingerprint density at radius 3 is 2.52 bits per heavy atom. The molecule has 0 aromatic heterocycles. The number of ether oxygens (including phenoxy) is 1. The van der Waals surface area contributed by atoms with Crippen LogP contribution in [0.15, 0.2) is 54.6 Å². The first-order chi connectivity index (χ1) is 14.8. The molecule has 2 amide bonds. The molecule has 0 bridgehead atoms. The van der Waals surface area contributed by atoms with E-state index in [4.69, 9.17) is 4.74 Å². The van der Waals surface area contributed by atoms with Gasteiger partial charge >= 0.3 is 6.18 Å². The Morgan fingerprint density at radius 1 is 1.13 bits per heavy atom. The minimum Gasteiger partial charge on any atom is -0.491 e. The van der Waals surface area contributed by atoms with Crippen molar-refractivity contribution >= 4 is 11.8 Å². The molecule has 0 aliphatic carbocycles. The van der Waals surface area contributed by atoms with Crippen molar-refractivity contribution in [1.29, 1.82) is 0 Å². The molecule has 2 atom stereocenters. The maximum absolute atomic E-state index is 13.1. The first kappa shape index (κ1) is 22.7. The standard InChI is InChI=1S/C23H25F3N2O3/c1-16(15-31-20-12-6-5-10-18(20)23(24,25)26)27-22(30)19-11-7-13-28(19)21(29)14-17-8-3-2-4-9-17/h2-6,8-10,12,16,19H,7,11,13-15H2,1H3,(H,27,30). The van der Waals surface area contributed by atoms with E-state index in [0.29, 0.717) is 13.0 Å². The first-order valence-corrected chi connectivity index (χ1v) is 10.2. The lowest BCUT2D eigenvalue weighted by Crippen LogP contribution is -2.49. The minimum absolute atomic E-state index is 0.119. The smallest absolute Gasteiger partial charge is 0.419 e. The topological polar surface area (TPSA) is 58.6 Å². The normalized spacial score (nSPS) is 17.3. The fourth-order valence-corrected chi connectivity index (χ4v) is 3.63. The second-order valence-electron chi connectivity index (χ2n) is 7.62. The Hall–Kier alpha value is -3.03. The van der Waals surface area contributed by atoms with E-state index in [-0.39, 0.29) is 30.6 Å². The summed E-state index contributed by atoms with van der Waals surface area (Å²) >= 11 is 0. The highest BCUT2D eigenvalue weighted by atomic mass is 19.4. The lowest BCUT2D eigenvalue weighted by molar-refractivity contribution is -0.139. The molecular weight excluding hydrogens is 409 g/mol. The average molecular weight is 434 g/mol. The average Bonchev–Trinajstić information content (AvgIpc) is 3.23. The number of carbonyl (C=O) groups excluding carboxylic acids is 2. The van der Waals surface area contributed by atoms with Gasteiger partial charge in [-0.25, -0.2) is 0 Å². The zero-order chi connectivity index (χ0) is 22.4. The highest BCUT2D eigenvalue weighted by molar-refractivity contribution is 5.89. The summed E-state index contributed by atoms with van der Waals surface area (Å²) < 4.78 is 44.6. The van der Waals surface area contributed by atoms with Crippen LogP contribution in [-0.4, -0.2) is 41.9 Å². The summed E-state index contributed by atoms with van der Waals surface area (Å²) in [6, 6.07) is 13.2. The number of halogens is 3. The third kappa shape index (κ3) is 5.99. The number of nitrogens with zero attached hydrogens (tertiary/aromatic N) is 1. The molecule has 1 fully saturated rings. The molecule has 3 rings (SSSR count). The van der Waals surface area contributed by atoms with Crippen LogP contribution in [0.25, 0.3) is 0 Å². The lowest BCUT2D eigenvalue weighted by Gasteiger charge is -2.26. The van der Waals surface area contributed by atoms with Crippen LogP contribution in [0.1, 0.15) is 30.9 Å². The number of alkyl halides is 3. The van der Waals surface area contributed by atoms with Crippen molar-refractivity contribution in [2.75, 3.05) is 13.2 Å². The van der Waals surface area contributed by atoms with Gasteiger partial charge in [0.15, 0.2) is 0 Å². The summed E-state index contributed by atoms with van der Waals surface area (Å²) in [5.74, 6) is -0.720.